The van der Waals surface area contributed by atoms with Crippen LogP contribution in [-0.4, -0.2) is 54.0 Å². The zero-order valence-electron chi connectivity index (χ0n) is 11.5. The Bertz CT molecular complexity index is 359. The molecule has 5 nitrogen and oxygen atoms in total. The van der Waals surface area contributed by atoms with E-state index in [4.69, 9.17) is 9.47 Å². The molecule has 1 unspecified atom stereocenters. The number of hydrogen-bond acceptors (Lipinski definition) is 4. The van der Waals surface area contributed by atoms with E-state index in [1.54, 1.807) is 0 Å². The molecule has 1 atom stereocenters. The summed E-state index contributed by atoms with van der Waals surface area (Å²) in [4.78, 5) is 6.66. The summed E-state index contributed by atoms with van der Waals surface area (Å²) in [5.41, 5.74) is 0. The molecule has 0 bridgehead atoms. The van der Waals surface area contributed by atoms with Gasteiger partial charge in [0, 0.05) is 25.0 Å². The molecule has 0 spiro atoms. The molecule has 0 aromatic carbocycles. The third-order valence-corrected chi connectivity index (χ3v) is 3.12. The van der Waals surface area contributed by atoms with Crippen molar-refractivity contribution in [1.82, 2.24) is 14.5 Å². The Hall–Kier alpha value is -0.910. The van der Waals surface area contributed by atoms with Gasteiger partial charge in [-0.05, 0) is 20.9 Å². The van der Waals surface area contributed by atoms with Crippen LogP contribution in [0.1, 0.15) is 25.7 Å². The number of likely N-dealkylation sites (N-methyl/N-ethyl adjacent to an activating group) is 1. The second-order valence-corrected chi connectivity index (χ2v) is 5.11. The lowest BCUT2D eigenvalue weighted by molar-refractivity contribution is -0.0964. The molecule has 1 fully saturated rings. The number of nitrogens with zero attached hydrogens (tertiary/aromatic N) is 3. The minimum absolute atomic E-state index is 0.186. The quantitative estimate of drug-likeness (QED) is 0.793. The number of hydrogen-bond donors (Lipinski definition) is 0. The maximum Gasteiger partial charge on any atom is 0.123 e. The Labute approximate surface area is 109 Å². The van der Waals surface area contributed by atoms with Gasteiger partial charge >= 0.3 is 0 Å². The normalized spacial score (nSPS) is 20.8. The van der Waals surface area contributed by atoms with Gasteiger partial charge in [0.25, 0.3) is 0 Å². The Morgan fingerprint density at radius 3 is 3.00 bits per heavy atom. The predicted octanol–water partition coefficient (Wildman–Crippen LogP) is 1.31. The zero-order valence-corrected chi connectivity index (χ0v) is 11.5. The summed E-state index contributed by atoms with van der Waals surface area (Å²) < 4.78 is 13.3. The van der Waals surface area contributed by atoms with Crippen LogP contribution in [-0.2, 0) is 16.0 Å². The van der Waals surface area contributed by atoms with Crippen molar-refractivity contribution in [3.63, 3.8) is 0 Å². The summed E-state index contributed by atoms with van der Waals surface area (Å²) in [7, 11) is 2.09. The molecule has 5 heteroatoms. The summed E-state index contributed by atoms with van der Waals surface area (Å²) in [5, 5.41) is 0. The van der Waals surface area contributed by atoms with Crippen LogP contribution >= 0.6 is 0 Å². The largest absolute Gasteiger partial charge is 0.376 e. The molecule has 102 valence electrons. The van der Waals surface area contributed by atoms with Crippen molar-refractivity contribution in [3.8, 4) is 0 Å². The van der Waals surface area contributed by atoms with E-state index in [2.05, 4.69) is 35.3 Å². The van der Waals surface area contributed by atoms with E-state index < -0.39 is 0 Å². The first-order valence-corrected chi connectivity index (χ1v) is 6.56. The van der Waals surface area contributed by atoms with Crippen LogP contribution < -0.4 is 0 Å². The van der Waals surface area contributed by atoms with Gasteiger partial charge in [-0.1, -0.05) is 0 Å². The molecule has 1 aromatic rings. The van der Waals surface area contributed by atoms with Crippen molar-refractivity contribution < 1.29 is 9.47 Å². The summed E-state index contributed by atoms with van der Waals surface area (Å²) in [6.45, 7) is 8.18. The Kier molecular flexibility index (Phi) is 4.74. The predicted molar refractivity (Wildman–Crippen MR) is 69.5 cm³/mol. The van der Waals surface area contributed by atoms with Gasteiger partial charge in [0.2, 0.25) is 0 Å². The molecule has 2 heterocycles. The van der Waals surface area contributed by atoms with Gasteiger partial charge < -0.3 is 14.0 Å². The van der Waals surface area contributed by atoms with Crippen molar-refractivity contribution in [2.24, 2.45) is 0 Å². The highest BCUT2D eigenvalue weighted by molar-refractivity contribution is 4.94. The van der Waals surface area contributed by atoms with Crippen LogP contribution in [0.3, 0.4) is 0 Å². The lowest BCUT2D eigenvalue weighted by Gasteiger charge is -2.27. The van der Waals surface area contributed by atoms with E-state index in [1.165, 1.54) is 0 Å². The molecular weight excluding hydrogens is 230 g/mol. The summed E-state index contributed by atoms with van der Waals surface area (Å²) >= 11 is 0. The molecule has 0 N–H and O–H groups in total. The molecule has 1 saturated heterocycles. The Balaban J connectivity index is 1.86. The van der Waals surface area contributed by atoms with Gasteiger partial charge in [0.05, 0.1) is 32.5 Å². The summed E-state index contributed by atoms with van der Waals surface area (Å²) in [5.74, 6) is 1.10. The van der Waals surface area contributed by atoms with Crippen LogP contribution in [0.5, 0.6) is 0 Å². The van der Waals surface area contributed by atoms with E-state index in [0.717, 1.165) is 25.5 Å². The summed E-state index contributed by atoms with van der Waals surface area (Å²) in [6.07, 6.45) is 4.09. The molecule has 0 radical (unpaired) electrons. The first-order chi connectivity index (χ1) is 8.66. The van der Waals surface area contributed by atoms with Gasteiger partial charge in [0.1, 0.15) is 5.82 Å². The van der Waals surface area contributed by atoms with Gasteiger partial charge in [-0.3, -0.25) is 4.90 Å². The number of aromatic nitrogens is 2. The maximum absolute atomic E-state index is 5.65. The third kappa shape index (κ3) is 3.54. The highest BCUT2D eigenvalue weighted by Gasteiger charge is 2.17. The zero-order chi connectivity index (χ0) is 13.0. The van der Waals surface area contributed by atoms with Gasteiger partial charge in [-0.2, -0.15) is 0 Å². The average Bonchev–Trinajstić information content (AvgIpc) is 2.78. The van der Waals surface area contributed by atoms with Crippen LogP contribution in [0.25, 0.3) is 0 Å². The minimum atomic E-state index is 0.186. The van der Waals surface area contributed by atoms with Crippen LogP contribution in [0.4, 0.5) is 0 Å². The molecule has 0 amide bonds. The fraction of sp³-hybridized carbons (Fsp3) is 0.769. The fourth-order valence-electron chi connectivity index (χ4n) is 2.23. The monoisotopic (exact) mass is 253 g/mol. The molecule has 2 rings (SSSR count). The second kappa shape index (κ2) is 6.31. The van der Waals surface area contributed by atoms with Crippen molar-refractivity contribution in [2.75, 3.05) is 33.4 Å². The van der Waals surface area contributed by atoms with Gasteiger partial charge in [-0.25, -0.2) is 4.98 Å². The molecule has 0 aliphatic carbocycles. The number of ether oxygens (including phenoxy) is 2. The smallest absolute Gasteiger partial charge is 0.123 e. The molecule has 1 aliphatic heterocycles. The minimum Gasteiger partial charge on any atom is -0.376 e. The van der Waals surface area contributed by atoms with Crippen LogP contribution in [0.2, 0.25) is 0 Å². The van der Waals surface area contributed by atoms with Crippen molar-refractivity contribution >= 4 is 0 Å². The van der Waals surface area contributed by atoms with Gasteiger partial charge in [-0.15, -0.1) is 0 Å². The highest BCUT2D eigenvalue weighted by Crippen LogP contribution is 2.11. The van der Waals surface area contributed by atoms with E-state index >= 15 is 0 Å². The van der Waals surface area contributed by atoms with E-state index in [0.29, 0.717) is 19.3 Å². The Morgan fingerprint density at radius 1 is 1.50 bits per heavy atom. The Morgan fingerprint density at radius 2 is 2.33 bits per heavy atom. The lowest BCUT2D eigenvalue weighted by Crippen LogP contribution is -2.38. The number of rotatable bonds is 5. The van der Waals surface area contributed by atoms with E-state index in [1.807, 2.05) is 12.4 Å². The highest BCUT2D eigenvalue weighted by atomic mass is 16.6. The van der Waals surface area contributed by atoms with Crippen molar-refractivity contribution in [3.05, 3.63) is 18.2 Å². The molecule has 0 saturated carbocycles. The molecule has 1 aromatic heterocycles. The van der Waals surface area contributed by atoms with E-state index in [-0.39, 0.29) is 6.10 Å². The SMILES string of the molecule is CC(C)n1ccnc1CN(C)CC1COCCO1. The fourth-order valence-corrected chi connectivity index (χ4v) is 2.23. The van der Waals surface area contributed by atoms with Gasteiger partial charge in [0.15, 0.2) is 0 Å². The van der Waals surface area contributed by atoms with Crippen LogP contribution in [0, 0.1) is 0 Å². The standard InChI is InChI=1S/C13H23N3O2/c1-11(2)16-5-4-14-13(16)9-15(3)8-12-10-17-6-7-18-12/h4-5,11-12H,6-10H2,1-3H3. The van der Waals surface area contributed by atoms with Crippen molar-refractivity contribution in [2.45, 2.75) is 32.5 Å². The van der Waals surface area contributed by atoms with Crippen LogP contribution in [0.15, 0.2) is 12.4 Å². The van der Waals surface area contributed by atoms with Crippen molar-refractivity contribution in [1.29, 1.82) is 0 Å². The first kappa shape index (κ1) is 13.5. The topological polar surface area (TPSA) is 39.5 Å². The maximum atomic E-state index is 5.65. The van der Waals surface area contributed by atoms with E-state index in [9.17, 15) is 0 Å². The average molecular weight is 253 g/mol. The third-order valence-electron chi connectivity index (χ3n) is 3.12. The molecule has 18 heavy (non-hydrogen) atoms. The number of imidazole rings is 1. The second-order valence-electron chi connectivity index (χ2n) is 5.11. The summed E-state index contributed by atoms with van der Waals surface area (Å²) in [6, 6.07) is 0.449. The lowest BCUT2D eigenvalue weighted by atomic mass is 10.3. The first-order valence-electron chi connectivity index (χ1n) is 6.56. The molecule has 1 aliphatic rings. The molecular formula is C13H23N3O2.